The third kappa shape index (κ3) is 4.60. The van der Waals surface area contributed by atoms with Crippen LogP contribution in [0.1, 0.15) is 16.7 Å². The van der Waals surface area contributed by atoms with E-state index >= 15 is 0 Å². The van der Waals surface area contributed by atoms with Crippen molar-refractivity contribution in [2.24, 2.45) is 0 Å². The summed E-state index contributed by atoms with van der Waals surface area (Å²) in [6.45, 7) is 0. The molecular formula is C33H27P. The average molecular weight is 455 g/mol. The Bertz CT molecular complexity index is 1400. The highest BCUT2D eigenvalue weighted by Gasteiger charge is 2.13. The topological polar surface area (TPSA) is 0 Å². The van der Waals surface area contributed by atoms with Gasteiger partial charge in [0.25, 0.3) is 0 Å². The van der Waals surface area contributed by atoms with Crippen molar-refractivity contribution in [3.63, 3.8) is 0 Å². The second kappa shape index (κ2) is 9.41. The molecule has 0 saturated carbocycles. The third-order valence-electron chi connectivity index (χ3n) is 6.66. The molecular weight excluding hydrogens is 427 g/mol. The number of hydrogen-bond acceptors (Lipinski definition) is 0. The van der Waals surface area contributed by atoms with Gasteiger partial charge in [-0.05, 0) is 67.5 Å². The minimum Gasteiger partial charge on any atom is -0.0932 e. The molecule has 0 aliphatic carbocycles. The summed E-state index contributed by atoms with van der Waals surface area (Å²) in [5, 5.41) is 7.97. The van der Waals surface area contributed by atoms with Gasteiger partial charge in [0.15, 0.2) is 0 Å². The van der Waals surface area contributed by atoms with Gasteiger partial charge in [-0.1, -0.05) is 135 Å². The molecule has 0 saturated heterocycles. The monoisotopic (exact) mass is 454 g/mol. The summed E-state index contributed by atoms with van der Waals surface area (Å²) in [6, 6.07) is 47.1. The first-order valence-corrected chi connectivity index (χ1v) is 13.9. The summed E-state index contributed by atoms with van der Waals surface area (Å²) in [7, 11) is -0.256. The van der Waals surface area contributed by atoms with Crippen LogP contribution in [0.4, 0.5) is 0 Å². The van der Waals surface area contributed by atoms with Crippen molar-refractivity contribution in [1.82, 2.24) is 0 Å². The minimum atomic E-state index is -0.256. The summed E-state index contributed by atoms with van der Waals surface area (Å²) in [4.78, 5) is 0. The van der Waals surface area contributed by atoms with Gasteiger partial charge in [0.2, 0.25) is 0 Å². The molecule has 6 aromatic carbocycles. The average Bonchev–Trinajstić information content (AvgIpc) is 2.88. The fourth-order valence-corrected chi connectivity index (χ4v) is 7.43. The summed E-state index contributed by atoms with van der Waals surface area (Å²) in [5.74, 6) is 0. The predicted molar refractivity (Wildman–Crippen MR) is 150 cm³/mol. The first kappa shape index (κ1) is 21.1. The lowest BCUT2D eigenvalue weighted by atomic mass is 10.1. The van der Waals surface area contributed by atoms with Crippen LogP contribution in [-0.4, -0.2) is 0 Å². The lowest BCUT2D eigenvalue weighted by Crippen LogP contribution is -1.94. The van der Waals surface area contributed by atoms with Crippen molar-refractivity contribution in [2.45, 2.75) is 18.5 Å². The maximum Gasteiger partial charge on any atom is -0.00669 e. The van der Waals surface area contributed by atoms with E-state index in [0.29, 0.717) is 0 Å². The normalized spacial score (nSPS) is 11.6. The first-order valence-electron chi connectivity index (χ1n) is 12.0. The van der Waals surface area contributed by atoms with Crippen LogP contribution in [0.3, 0.4) is 0 Å². The second-order valence-corrected chi connectivity index (χ2v) is 11.5. The fraction of sp³-hybridized carbons (Fsp3) is 0.0909. The maximum absolute atomic E-state index is 2.39. The molecule has 0 aliphatic rings. The predicted octanol–water partition coefficient (Wildman–Crippen LogP) is 9.53. The van der Waals surface area contributed by atoms with Crippen LogP contribution in [0.5, 0.6) is 0 Å². The van der Waals surface area contributed by atoms with E-state index in [1.54, 1.807) is 0 Å². The van der Waals surface area contributed by atoms with Gasteiger partial charge in [0, 0.05) is 0 Å². The van der Waals surface area contributed by atoms with Crippen LogP contribution < -0.4 is 0 Å². The van der Waals surface area contributed by atoms with E-state index in [4.69, 9.17) is 0 Å². The molecule has 0 radical (unpaired) electrons. The van der Waals surface area contributed by atoms with Gasteiger partial charge in [0.1, 0.15) is 0 Å². The van der Waals surface area contributed by atoms with E-state index in [-0.39, 0.29) is 7.92 Å². The molecule has 0 atom stereocenters. The zero-order valence-corrected chi connectivity index (χ0v) is 20.1. The lowest BCUT2D eigenvalue weighted by molar-refractivity contribution is 1.27. The molecule has 0 N–H and O–H groups in total. The largest absolute Gasteiger partial charge is 0.0932 e. The Morgan fingerprint density at radius 1 is 0.324 bits per heavy atom. The standard InChI is InChI=1S/C33H27P/c1-4-10-31-19-25(13-16-28(31)7-1)22-34(23-26-14-17-29-8-2-5-11-32(29)20-26)24-27-15-18-30-9-3-6-12-33(30)21-27/h1-21H,22-24H2. The van der Waals surface area contributed by atoms with Crippen LogP contribution in [0.15, 0.2) is 127 Å². The molecule has 164 valence electrons. The molecule has 1 heteroatoms. The second-order valence-electron chi connectivity index (χ2n) is 9.19. The Labute approximate surface area is 202 Å². The van der Waals surface area contributed by atoms with E-state index in [9.17, 15) is 0 Å². The Hall–Kier alpha value is -3.47. The van der Waals surface area contributed by atoms with Gasteiger partial charge >= 0.3 is 0 Å². The molecule has 0 fully saturated rings. The highest BCUT2D eigenvalue weighted by Crippen LogP contribution is 2.47. The van der Waals surface area contributed by atoms with Crippen LogP contribution in [0, 0.1) is 0 Å². The van der Waals surface area contributed by atoms with Gasteiger partial charge in [-0.2, -0.15) is 0 Å². The quantitative estimate of drug-likeness (QED) is 0.220. The zero-order chi connectivity index (χ0) is 22.7. The molecule has 34 heavy (non-hydrogen) atoms. The minimum absolute atomic E-state index is 0.256. The van der Waals surface area contributed by atoms with Crippen molar-refractivity contribution < 1.29 is 0 Å². The highest BCUT2D eigenvalue weighted by molar-refractivity contribution is 7.55. The van der Waals surface area contributed by atoms with Gasteiger partial charge < -0.3 is 0 Å². The lowest BCUT2D eigenvalue weighted by Gasteiger charge is -2.20. The third-order valence-corrected chi connectivity index (χ3v) is 9.10. The van der Waals surface area contributed by atoms with Crippen LogP contribution in [-0.2, 0) is 18.5 Å². The molecule has 6 aromatic rings. The van der Waals surface area contributed by atoms with E-state index in [0.717, 1.165) is 18.5 Å². The molecule has 0 spiro atoms. The van der Waals surface area contributed by atoms with Crippen LogP contribution in [0.25, 0.3) is 32.3 Å². The van der Waals surface area contributed by atoms with Gasteiger partial charge in [0.05, 0.1) is 0 Å². The maximum atomic E-state index is 2.39. The van der Waals surface area contributed by atoms with E-state index in [2.05, 4.69) is 127 Å². The van der Waals surface area contributed by atoms with Crippen LogP contribution >= 0.6 is 7.92 Å². The molecule has 6 rings (SSSR count). The van der Waals surface area contributed by atoms with Crippen molar-refractivity contribution in [3.05, 3.63) is 144 Å². The number of hydrogen-bond donors (Lipinski definition) is 0. The highest BCUT2D eigenvalue weighted by atomic mass is 31.1. The molecule has 0 amide bonds. The fourth-order valence-electron chi connectivity index (χ4n) is 4.95. The summed E-state index contributed by atoms with van der Waals surface area (Å²) >= 11 is 0. The van der Waals surface area contributed by atoms with E-state index in [1.165, 1.54) is 49.0 Å². The Kier molecular flexibility index (Phi) is 5.84. The van der Waals surface area contributed by atoms with Crippen molar-refractivity contribution in [2.75, 3.05) is 0 Å². The summed E-state index contributed by atoms with van der Waals surface area (Å²) < 4.78 is 0. The van der Waals surface area contributed by atoms with E-state index in [1.807, 2.05) is 0 Å². The molecule has 0 nitrogen and oxygen atoms in total. The molecule has 0 aromatic heterocycles. The molecule has 0 bridgehead atoms. The van der Waals surface area contributed by atoms with Crippen LogP contribution in [0.2, 0.25) is 0 Å². The number of fused-ring (bicyclic) bond motifs is 3. The number of benzene rings is 6. The summed E-state index contributed by atoms with van der Waals surface area (Å²) in [5.41, 5.74) is 4.35. The Morgan fingerprint density at radius 2 is 0.618 bits per heavy atom. The molecule has 0 aliphatic heterocycles. The molecule has 0 unspecified atom stereocenters. The van der Waals surface area contributed by atoms with Gasteiger partial charge in [-0.15, -0.1) is 0 Å². The van der Waals surface area contributed by atoms with Crippen molar-refractivity contribution in [1.29, 1.82) is 0 Å². The SMILES string of the molecule is c1ccc2cc(CP(Cc3ccc4ccccc4c3)Cc3ccc4ccccc4c3)ccc2c1. The Balaban J connectivity index is 1.33. The smallest absolute Gasteiger partial charge is 0.00669 e. The zero-order valence-electron chi connectivity index (χ0n) is 19.2. The van der Waals surface area contributed by atoms with E-state index < -0.39 is 0 Å². The summed E-state index contributed by atoms with van der Waals surface area (Å²) in [6.07, 6.45) is 3.42. The van der Waals surface area contributed by atoms with Gasteiger partial charge in [-0.25, -0.2) is 0 Å². The van der Waals surface area contributed by atoms with Gasteiger partial charge in [-0.3, -0.25) is 0 Å². The number of rotatable bonds is 6. The first-order chi connectivity index (χ1) is 16.8. The van der Waals surface area contributed by atoms with Crippen molar-refractivity contribution >= 4 is 40.2 Å². The van der Waals surface area contributed by atoms with Crippen molar-refractivity contribution in [3.8, 4) is 0 Å². The molecule has 0 heterocycles. The Morgan fingerprint density at radius 3 is 0.941 bits per heavy atom.